The average molecular weight is 421 g/mol. The van der Waals surface area contributed by atoms with Crippen LogP contribution >= 0.6 is 0 Å². The summed E-state index contributed by atoms with van der Waals surface area (Å²) in [6.07, 6.45) is 1.70. The number of esters is 2. The van der Waals surface area contributed by atoms with Gasteiger partial charge in [0.1, 0.15) is 0 Å². The second-order valence-electron chi connectivity index (χ2n) is 7.73. The van der Waals surface area contributed by atoms with Gasteiger partial charge in [-0.2, -0.15) is 0 Å². The Morgan fingerprint density at radius 2 is 1.13 bits per heavy atom. The fourth-order valence-electron chi connectivity index (χ4n) is 4.14. The molecule has 0 aromatic heterocycles. The number of nitrogens with zero attached hydrogens (tertiary/aromatic N) is 2. The Hall–Kier alpha value is -2.32. The van der Waals surface area contributed by atoms with Crippen LogP contribution in [0.2, 0.25) is 0 Å². The molecule has 2 aliphatic rings. The first-order valence-corrected chi connectivity index (χ1v) is 10.8. The summed E-state index contributed by atoms with van der Waals surface area (Å²) in [7, 11) is 0. The zero-order valence-electron chi connectivity index (χ0n) is 17.8. The largest absolute Gasteiger partial charge is 0.462 e. The highest BCUT2D eigenvalue weighted by molar-refractivity contribution is 6.11. The summed E-state index contributed by atoms with van der Waals surface area (Å²) in [4.78, 5) is 30.1. The van der Waals surface area contributed by atoms with Crippen LogP contribution in [0.15, 0.2) is 12.1 Å². The number of hydrogen-bond donors (Lipinski definition) is 2. The number of carbonyl (C=O) groups excluding carboxylic acids is 2. The fourth-order valence-corrected chi connectivity index (χ4v) is 4.14. The third-order valence-corrected chi connectivity index (χ3v) is 5.73. The van der Waals surface area contributed by atoms with E-state index in [1.54, 1.807) is 13.8 Å². The summed E-state index contributed by atoms with van der Waals surface area (Å²) in [5.74, 6) is -1.11. The number of ether oxygens (including phenoxy) is 2. The lowest BCUT2D eigenvalue weighted by Gasteiger charge is -2.36. The fraction of sp³-hybridized carbons (Fsp3) is 0.636. The van der Waals surface area contributed by atoms with E-state index in [0.29, 0.717) is 63.2 Å². The van der Waals surface area contributed by atoms with E-state index in [9.17, 15) is 19.8 Å². The monoisotopic (exact) mass is 420 g/mol. The molecule has 1 aromatic rings. The van der Waals surface area contributed by atoms with E-state index in [0.717, 1.165) is 0 Å². The van der Waals surface area contributed by atoms with Gasteiger partial charge >= 0.3 is 11.9 Å². The molecular formula is C22H32N2O6. The molecule has 2 saturated heterocycles. The Labute approximate surface area is 177 Å². The van der Waals surface area contributed by atoms with Crippen LogP contribution in [0, 0.1) is 0 Å². The third-order valence-electron chi connectivity index (χ3n) is 5.73. The number of hydrogen-bond acceptors (Lipinski definition) is 8. The number of benzene rings is 1. The van der Waals surface area contributed by atoms with Crippen molar-refractivity contribution in [3.63, 3.8) is 0 Å². The first-order chi connectivity index (χ1) is 14.5. The molecule has 0 unspecified atom stereocenters. The van der Waals surface area contributed by atoms with Crippen LogP contribution in [0.25, 0.3) is 0 Å². The molecule has 0 spiro atoms. The lowest BCUT2D eigenvalue weighted by Crippen LogP contribution is -2.39. The molecule has 0 atom stereocenters. The van der Waals surface area contributed by atoms with E-state index in [1.807, 2.05) is 21.9 Å². The molecule has 2 aliphatic heterocycles. The van der Waals surface area contributed by atoms with Gasteiger partial charge < -0.3 is 29.5 Å². The number of aliphatic hydroxyl groups is 2. The molecular weight excluding hydrogens is 388 g/mol. The summed E-state index contributed by atoms with van der Waals surface area (Å²) < 4.78 is 10.7. The highest BCUT2D eigenvalue weighted by Crippen LogP contribution is 2.36. The number of carbonyl (C=O) groups is 2. The molecule has 2 N–H and O–H groups in total. The van der Waals surface area contributed by atoms with Crippen molar-refractivity contribution >= 4 is 23.3 Å². The Bertz CT molecular complexity index is 689. The summed E-state index contributed by atoms with van der Waals surface area (Å²) in [6, 6.07) is 3.71. The van der Waals surface area contributed by atoms with Crippen molar-refractivity contribution in [1.82, 2.24) is 0 Å². The molecule has 8 heteroatoms. The summed E-state index contributed by atoms with van der Waals surface area (Å²) in [5, 5.41) is 19.7. The van der Waals surface area contributed by atoms with Crippen molar-refractivity contribution in [2.75, 3.05) is 49.2 Å². The summed E-state index contributed by atoms with van der Waals surface area (Å²) in [5.41, 5.74) is 1.69. The van der Waals surface area contributed by atoms with Crippen molar-refractivity contribution in [1.29, 1.82) is 0 Å². The molecule has 0 aliphatic carbocycles. The summed E-state index contributed by atoms with van der Waals surface area (Å²) in [6.45, 7) is 6.20. The standard InChI is InChI=1S/C22H32N2O6/c1-3-29-21(27)19-17(23-11-7-15(25)8-12-23)5-6-18(20(19)22(28)30-4-2)24-13-9-16(26)10-14-24/h5-6,15-16,25-26H,3-4,7-14H2,1-2H3. The van der Waals surface area contributed by atoms with Gasteiger partial charge in [0, 0.05) is 26.2 Å². The van der Waals surface area contributed by atoms with E-state index >= 15 is 0 Å². The van der Waals surface area contributed by atoms with E-state index in [4.69, 9.17) is 9.47 Å². The zero-order chi connectivity index (χ0) is 21.7. The van der Waals surface area contributed by atoms with Gasteiger partial charge in [0.2, 0.25) is 0 Å². The van der Waals surface area contributed by atoms with Crippen LogP contribution in [-0.4, -0.2) is 73.8 Å². The first-order valence-electron chi connectivity index (χ1n) is 10.8. The van der Waals surface area contributed by atoms with Crippen LogP contribution in [-0.2, 0) is 9.47 Å². The van der Waals surface area contributed by atoms with Crippen LogP contribution in [0.1, 0.15) is 60.2 Å². The Balaban J connectivity index is 2.10. The molecule has 0 bridgehead atoms. The van der Waals surface area contributed by atoms with Gasteiger partial charge in [-0.3, -0.25) is 0 Å². The Morgan fingerprint density at radius 1 is 0.800 bits per heavy atom. The number of aliphatic hydroxyl groups excluding tert-OH is 2. The molecule has 166 valence electrons. The van der Waals surface area contributed by atoms with Gasteiger partial charge in [-0.25, -0.2) is 9.59 Å². The molecule has 1 aromatic carbocycles. The van der Waals surface area contributed by atoms with Crippen molar-refractivity contribution in [3.8, 4) is 0 Å². The minimum absolute atomic E-state index is 0.194. The van der Waals surface area contributed by atoms with Crippen molar-refractivity contribution in [2.45, 2.75) is 51.7 Å². The van der Waals surface area contributed by atoms with E-state index in [2.05, 4.69) is 0 Å². The number of anilines is 2. The predicted octanol–water partition coefficient (Wildman–Crippen LogP) is 1.96. The molecule has 0 amide bonds. The molecule has 2 heterocycles. The van der Waals surface area contributed by atoms with Gasteiger partial charge in [0.05, 0.1) is 47.9 Å². The first kappa shape index (κ1) is 22.4. The maximum atomic E-state index is 13.0. The van der Waals surface area contributed by atoms with Gasteiger partial charge in [-0.1, -0.05) is 0 Å². The second-order valence-corrected chi connectivity index (χ2v) is 7.73. The van der Waals surface area contributed by atoms with Crippen molar-refractivity contribution in [2.24, 2.45) is 0 Å². The second kappa shape index (κ2) is 10.1. The SMILES string of the molecule is CCOC(=O)c1c(N2CCC(O)CC2)ccc(N2CCC(O)CC2)c1C(=O)OCC. The number of rotatable bonds is 6. The van der Waals surface area contributed by atoms with Crippen LogP contribution in [0.3, 0.4) is 0 Å². The minimum Gasteiger partial charge on any atom is -0.462 e. The van der Waals surface area contributed by atoms with Crippen molar-refractivity contribution in [3.05, 3.63) is 23.3 Å². The maximum absolute atomic E-state index is 13.0. The summed E-state index contributed by atoms with van der Waals surface area (Å²) >= 11 is 0. The van der Waals surface area contributed by atoms with Crippen molar-refractivity contribution < 1.29 is 29.3 Å². The number of piperidine rings is 2. The highest BCUT2D eigenvalue weighted by Gasteiger charge is 2.32. The minimum atomic E-state index is -0.555. The van der Waals surface area contributed by atoms with Crippen LogP contribution in [0.4, 0.5) is 11.4 Å². The van der Waals surface area contributed by atoms with E-state index in [1.165, 1.54) is 0 Å². The quantitative estimate of drug-likeness (QED) is 0.674. The van der Waals surface area contributed by atoms with E-state index < -0.39 is 11.9 Å². The molecule has 30 heavy (non-hydrogen) atoms. The topological polar surface area (TPSA) is 99.5 Å². The molecule has 3 rings (SSSR count). The lowest BCUT2D eigenvalue weighted by molar-refractivity contribution is 0.0479. The molecule has 2 fully saturated rings. The predicted molar refractivity (Wildman–Crippen MR) is 113 cm³/mol. The third kappa shape index (κ3) is 4.87. The Morgan fingerprint density at radius 3 is 1.43 bits per heavy atom. The maximum Gasteiger partial charge on any atom is 0.341 e. The smallest absolute Gasteiger partial charge is 0.341 e. The molecule has 0 saturated carbocycles. The molecule has 8 nitrogen and oxygen atoms in total. The average Bonchev–Trinajstić information content (AvgIpc) is 2.74. The molecule has 0 radical (unpaired) electrons. The highest BCUT2D eigenvalue weighted by atomic mass is 16.5. The van der Waals surface area contributed by atoms with Crippen LogP contribution < -0.4 is 9.80 Å². The lowest BCUT2D eigenvalue weighted by atomic mass is 9.97. The van der Waals surface area contributed by atoms with E-state index in [-0.39, 0.29) is 36.5 Å². The zero-order valence-corrected chi connectivity index (χ0v) is 17.8. The normalized spacial score (nSPS) is 18.4. The van der Waals surface area contributed by atoms with Gasteiger partial charge in [-0.05, 0) is 51.7 Å². The van der Waals surface area contributed by atoms with Crippen LogP contribution in [0.5, 0.6) is 0 Å². The van der Waals surface area contributed by atoms with Gasteiger partial charge in [0.15, 0.2) is 0 Å². The Kier molecular flexibility index (Phi) is 7.55. The van der Waals surface area contributed by atoms with Gasteiger partial charge in [-0.15, -0.1) is 0 Å². The van der Waals surface area contributed by atoms with Gasteiger partial charge in [0.25, 0.3) is 0 Å².